The number of rotatable bonds is 8. The number of pyridine rings is 1. The summed E-state index contributed by atoms with van der Waals surface area (Å²) in [5.41, 5.74) is 8.34. The van der Waals surface area contributed by atoms with Crippen LogP contribution in [0.1, 0.15) is 51.5 Å². The third-order valence-electron chi connectivity index (χ3n) is 9.13. The molecule has 2 aliphatic rings. The first-order valence-electron chi connectivity index (χ1n) is 16.0. The predicted octanol–water partition coefficient (Wildman–Crippen LogP) is 6.47. The maximum absolute atomic E-state index is 12.6. The average Bonchev–Trinajstić information content (AvgIpc) is 3.46. The number of hydrogen-bond donors (Lipinski definition) is 0. The predicted molar refractivity (Wildman–Crippen MR) is 180 cm³/mol. The van der Waals surface area contributed by atoms with E-state index in [0.29, 0.717) is 36.1 Å². The first-order valence-corrected chi connectivity index (χ1v) is 16.0. The number of esters is 1. The van der Waals surface area contributed by atoms with E-state index in [1.54, 1.807) is 20.4 Å². The summed E-state index contributed by atoms with van der Waals surface area (Å²) in [5, 5.41) is 1.09. The maximum Gasteiger partial charge on any atom is 0.356 e. The molecular formula is C38H38N4O5. The fourth-order valence-electron chi connectivity index (χ4n) is 6.74. The minimum atomic E-state index is -0.360. The van der Waals surface area contributed by atoms with Crippen molar-refractivity contribution in [2.24, 2.45) is 0 Å². The Kier molecular flexibility index (Phi) is 8.63. The van der Waals surface area contributed by atoms with Crippen molar-refractivity contribution >= 4 is 22.4 Å². The van der Waals surface area contributed by atoms with Gasteiger partial charge in [0.2, 0.25) is 5.75 Å². The van der Waals surface area contributed by atoms with Gasteiger partial charge in [0.25, 0.3) is 0 Å². The van der Waals surface area contributed by atoms with Gasteiger partial charge in [-0.15, -0.1) is 0 Å². The first-order chi connectivity index (χ1) is 23.1. The Morgan fingerprint density at radius 3 is 2.36 bits per heavy atom. The molecule has 2 aromatic heterocycles. The molecule has 9 nitrogen and oxygen atoms in total. The number of nitrogens with zero attached hydrogens (tertiary/aromatic N) is 4. The number of hydrogen-bond acceptors (Lipinski definition) is 8. The van der Waals surface area contributed by atoms with E-state index in [9.17, 15) is 4.79 Å². The molecule has 0 unspecified atom stereocenters. The molecule has 7 rings (SSSR count). The monoisotopic (exact) mass is 630 g/mol. The smallest absolute Gasteiger partial charge is 0.356 e. The molecule has 0 radical (unpaired) electrons. The van der Waals surface area contributed by atoms with Gasteiger partial charge < -0.3 is 23.5 Å². The minimum absolute atomic E-state index is 0.295. The summed E-state index contributed by atoms with van der Waals surface area (Å²) >= 11 is 0. The van der Waals surface area contributed by atoms with Crippen LogP contribution in [0, 0.1) is 0 Å². The topological polar surface area (TPSA) is 87.9 Å². The van der Waals surface area contributed by atoms with Crippen molar-refractivity contribution in [3.8, 4) is 17.2 Å². The number of carbonyl (C=O) groups is 1. The Hall–Kier alpha value is -5.15. The third-order valence-corrected chi connectivity index (χ3v) is 9.13. The standard InChI is InChI=1S/C38H38N4O5/c1-44-33-20-25(21-34(45-2)36(33)47-24-29-13-12-27-9-5-7-11-31(27)40-29)23-41-17-14-28(15-18-41)35-30-10-6-4-8-26(30)16-19-42-32(38(43)46-3)22-39-37(35)42/h4-13,20-22H,14-19,23-24H2,1-3H3. The zero-order chi connectivity index (χ0) is 32.3. The fourth-order valence-corrected chi connectivity index (χ4v) is 6.74. The number of fused-ring (bicyclic) bond motifs is 3. The number of methoxy groups -OCH3 is 3. The molecule has 47 heavy (non-hydrogen) atoms. The average molecular weight is 631 g/mol. The van der Waals surface area contributed by atoms with Gasteiger partial charge in [-0.3, -0.25) is 4.90 Å². The van der Waals surface area contributed by atoms with Crippen LogP contribution in [-0.4, -0.2) is 59.8 Å². The molecule has 9 heteroatoms. The number of imidazole rings is 1. The molecular weight excluding hydrogens is 592 g/mol. The van der Waals surface area contributed by atoms with Gasteiger partial charge in [0.15, 0.2) is 11.5 Å². The second kappa shape index (κ2) is 13.3. The lowest BCUT2D eigenvalue weighted by Crippen LogP contribution is -2.30. The van der Waals surface area contributed by atoms with Crippen molar-refractivity contribution in [2.45, 2.75) is 39.0 Å². The summed E-state index contributed by atoms with van der Waals surface area (Å²) in [6.45, 7) is 3.51. The molecule has 0 atom stereocenters. The highest BCUT2D eigenvalue weighted by molar-refractivity contribution is 5.90. The van der Waals surface area contributed by atoms with Crippen molar-refractivity contribution in [2.75, 3.05) is 34.4 Å². The van der Waals surface area contributed by atoms with Crippen LogP contribution in [0.25, 0.3) is 16.5 Å². The van der Waals surface area contributed by atoms with E-state index in [4.69, 9.17) is 28.9 Å². The first kappa shape index (κ1) is 30.5. The van der Waals surface area contributed by atoms with Crippen LogP contribution in [0.15, 0.2) is 84.6 Å². The largest absolute Gasteiger partial charge is 0.493 e. The van der Waals surface area contributed by atoms with Gasteiger partial charge in [-0.05, 0) is 60.2 Å². The van der Waals surface area contributed by atoms with Crippen LogP contribution in [0.2, 0.25) is 0 Å². The Balaban J connectivity index is 1.10. The van der Waals surface area contributed by atoms with Crippen molar-refractivity contribution in [3.05, 3.63) is 118 Å². The molecule has 0 amide bonds. The van der Waals surface area contributed by atoms with Crippen LogP contribution < -0.4 is 14.2 Å². The molecule has 0 spiro atoms. The van der Waals surface area contributed by atoms with E-state index < -0.39 is 0 Å². The Bertz CT molecular complexity index is 1950. The van der Waals surface area contributed by atoms with Crippen LogP contribution in [0.4, 0.5) is 0 Å². The van der Waals surface area contributed by atoms with Gasteiger partial charge in [0.05, 0.1) is 38.7 Å². The summed E-state index contributed by atoms with van der Waals surface area (Å²) in [6, 6.07) is 24.7. The molecule has 0 bridgehead atoms. The number of benzene rings is 3. The Labute approximate surface area is 274 Å². The van der Waals surface area contributed by atoms with E-state index in [1.807, 2.05) is 47.0 Å². The fraction of sp³-hybridized carbons (Fsp3) is 0.289. The quantitative estimate of drug-likeness (QED) is 0.180. The lowest BCUT2D eigenvalue weighted by atomic mass is 9.90. The van der Waals surface area contributed by atoms with Gasteiger partial charge >= 0.3 is 5.97 Å². The highest BCUT2D eigenvalue weighted by atomic mass is 16.5. The molecule has 0 aliphatic carbocycles. The molecule has 4 heterocycles. The lowest BCUT2D eigenvalue weighted by Gasteiger charge is -2.30. The zero-order valence-corrected chi connectivity index (χ0v) is 27.0. The summed E-state index contributed by atoms with van der Waals surface area (Å²) in [6.07, 6.45) is 4.28. The lowest BCUT2D eigenvalue weighted by molar-refractivity contribution is 0.0588. The summed E-state index contributed by atoms with van der Waals surface area (Å²) in [5.74, 6) is 2.31. The number of para-hydroxylation sites is 1. The molecule has 2 aliphatic heterocycles. The molecule has 1 fully saturated rings. The second-order valence-electron chi connectivity index (χ2n) is 11.9. The number of piperidine rings is 1. The number of ether oxygens (including phenoxy) is 4. The number of aryl methyl sites for hydroxylation is 1. The molecule has 0 N–H and O–H groups in total. The van der Waals surface area contributed by atoms with Crippen molar-refractivity contribution < 1.29 is 23.7 Å². The zero-order valence-electron chi connectivity index (χ0n) is 27.0. The van der Waals surface area contributed by atoms with Gasteiger partial charge in [-0.1, -0.05) is 54.1 Å². The van der Waals surface area contributed by atoms with Crippen molar-refractivity contribution in [3.63, 3.8) is 0 Å². The molecule has 240 valence electrons. The summed E-state index contributed by atoms with van der Waals surface area (Å²) < 4.78 is 24.9. The van der Waals surface area contributed by atoms with E-state index in [2.05, 4.69) is 35.2 Å². The molecule has 5 aromatic rings. The second-order valence-corrected chi connectivity index (χ2v) is 11.9. The van der Waals surface area contributed by atoms with Crippen molar-refractivity contribution in [1.29, 1.82) is 0 Å². The van der Waals surface area contributed by atoms with Gasteiger partial charge in [-0.25, -0.2) is 14.8 Å². The highest BCUT2D eigenvalue weighted by Gasteiger charge is 2.28. The Morgan fingerprint density at radius 1 is 0.851 bits per heavy atom. The normalized spacial score (nSPS) is 14.7. The number of aromatic nitrogens is 3. The van der Waals surface area contributed by atoms with Crippen molar-refractivity contribution in [1.82, 2.24) is 19.4 Å². The van der Waals surface area contributed by atoms with E-state index in [-0.39, 0.29) is 5.97 Å². The van der Waals surface area contributed by atoms with E-state index in [1.165, 1.54) is 23.8 Å². The Morgan fingerprint density at radius 2 is 1.60 bits per heavy atom. The van der Waals surface area contributed by atoms with Crippen LogP contribution >= 0.6 is 0 Å². The maximum atomic E-state index is 12.6. The van der Waals surface area contributed by atoms with E-state index >= 15 is 0 Å². The summed E-state index contributed by atoms with van der Waals surface area (Å²) in [7, 11) is 4.72. The van der Waals surface area contributed by atoms with Crippen LogP contribution in [-0.2, 0) is 30.9 Å². The molecule has 3 aromatic carbocycles. The number of likely N-dealkylation sites (tertiary alicyclic amines) is 1. The highest BCUT2D eigenvalue weighted by Crippen LogP contribution is 2.40. The minimum Gasteiger partial charge on any atom is -0.493 e. The molecule has 0 saturated carbocycles. The SMILES string of the molecule is COC(=O)c1cnc2n1CCc1ccccc1C2=C1CCN(Cc2cc(OC)c(OCc3ccc4ccccc4n3)c(OC)c2)CC1. The molecule has 1 saturated heterocycles. The third kappa shape index (κ3) is 6.06. The van der Waals surface area contributed by atoms with Gasteiger partial charge in [0.1, 0.15) is 18.1 Å². The van der Waals surface area contributed by atoms with E-state index in [0.717, 1.165) is 72.5 Å². The van der Waals surface area contributed by atoms with Crippen LogP contribution in [0.3, 0.4) is 0 Å². The van der Waals surface area contributed by atoms with Crippen LogP contribution in [0.5, 0.6) is 17.2 Å². The number of carbonyl (C=O) groups excluding carboxylic acids is 1. The van der Waals surface area contributed by atoms with Gasteiger partial charge in [0, 0.05) is 37.1 Å². The summed E-state index contributed by atoms with van der Waals surface area (Å²) in [4.78, 5) is 24.5. The van der Waals surface area contributed by atoms with Gasteiger partial charge in [-0.2, -0.15) is 0 Å².